The third kappa shape index (κ3) is 21.0. The van der Waals surface area contributed by atoms with Gasteiger partial charge in [0.15, 0.2) is 71.8 Å². The lowest BCUT2D eigenvalue weighted by atomic mass is 9.88. The van der Waals surface area contributed by atoms with Crippen LogP contribution < -0.4 is 34.9 Å². The van der Waals surface area contributed by atoms with Crippen LogP contribution in [0.15, 0.2) is 213 Å². The van der Waals surface area contributed by atoms with Gasteiger partial charge in [-0.2, -0.15) is 0 Å². The van der Waals surface area contributed by atoms with Gasteiger partial charge in [-0.15, -0.1) is 0 Å². The zero-order valence-electron chi connectivity index (χ0n) is 63.4. The van der Waals surface area contributed by atoms with Gasteiger partial charge in [-0.05, 0) is 195 Å². The third-order valence-corrected chi connectivity index (χ3v) is 29.1. The Labute approximate surface area is 666 Å². The van der Waals surface area contributed by atoms with Crippen molar-refractivity contribution < 1.29 is 75.4 Å². The van der Waals surface area contributed by atoms with Crippen LogP contribution in [-0.4, -0.2) is 150 Å². The third-order valence-electron chi connectivity index (χ3n) is 20.7. The Balaban J connectivity index is 0.000000156. The van der Waals surface area contributed by atoms with E-state index in [1.807, 2.05) is 12.1 Å². The lowest BCUT2D eigenvalue weighted by Crippen LogP contribution is -2.37. The molecule has 0 atom stereocenters. The molecule has 2 saturated carbocycles. The predicted octanol–water partition coefficient (Wildman–Crippen LogP) is 15.2. The van der Waals surface area contributed by atoms with Crippen LogP contribution in [0.4, 0.5) is 17.6 Å². The average molecular weight is 1600 g/mol. The highest BCUT2D eigenvalue weighted by molar-refractivity contribution is 8.51. The first kappa shape index (κ1) is 83.2. The number of rotatable bonds is 30. The molecule has 2 aliphatic carbocycles. The maximum Gasteiger partial charge on any atom is 0.230 e. The van der Waals surface area contributed by atoms with Gasteiger partial charge in [0, 0.05) is 77.1 Å². The van der Waals surface area contributed by atoms with Crippen molar-refractivity contribution in [3.63, 3.8) is 0 Å². The molecule has 2 aromatic heterocycles. The van der Waals surface area contributed by atoms with Gasteiger partial charge in [0.2, 0.25) is 11.8 Å². The van der Waals surface area contributed by atoms with Crippen molar-refractivity contribution in [1.82, 2.24) is 29.7 Å². The van der Waals surface area contributed by atoms with Gasteiger partial charge in [-0.25, -0.2) is 37.5 Å². The smallest absolute Gasteiger partial charge is 0.230 e. The van der Waals surface area contributed by atoms with Crippen molar-refractivity contribution >= 4 is 86.7 Å². The maximum atomic E-state index is 15.3. The second-order valence-electron chi connectivity index (χ2n) is 28.3. The number of ketones is 4. The number of hydrogen-bond acceptors (Lipinski definition) is 19. The van der Waals surface area contributed by atoms with Crippen LogP contribution in [-0.2, 0) is 72.6 Å². The number of Topliss-reactive ketones (excluding diaryl/α,β-unsaturated/α-hetero) is 4. The number of phenols is 1. The number of halogens is 4. The summed E-state index contributed by atoms with van der Waals surface area (Å²) in [4.78, 5) is 73.7. The molecule has 0 unspecified atom stereocenters. The molecule has 18 nitrogen and oxygen atoms in total. The molecule has 0 spiro atoms. The number of aryl methyl sites for hydroxylation is 1. The van der Waals surface area contributed by atoms with Gasteiger partial charge in [0.05, 0.1) is 73.3 Å². The Kier molecular flexibility index (Phi) is 29.0. The van der Waals surface area contributed by atoms with Crippen LogP contribution in [0.1, 0.15) is 72.8 Å². The number of aromatic hydroxyl groups is 1. The van der Waals surface area contributed by atoms with E-state index >= 15 is 4.39 Å². The zero-order chi connectivity index (χ0) is 80.0. The Morgan fingerprint density at radius 3 is 1.25 bits per heavy atom. The quantitative estimate of drug-likeness (QED) is 0.0185. The molecule has 0 amide bonds. The molecule has 11 aromatic rings. The molecule has 0 bridgehead atoms. The number of fused-ring (bicyclic) bond motifs is 2. The number of unbranched alkanes of at least 4 members (excludes halogenated alkanes) is 1. The van der Waals surface area contributed by atoms with Gasteiger partial charge in [-0.1, -0.05) is 91.0 Å². The molecule has 0 radical (unpaired) electrons. The number of morpholine rings is 2. The molecule has 9 aromatic carbocycles. The summed E-state index contributed by atoms with van der Waals surface area (Å²) in [5.74, 6) is -2.13. The predicted molar refractivity (Wildman–Crippen MR) is 436 cm³/mol. The van der Waals surface area contributed by atoms with Crippen LogP contribution in [0, 0.1) is 34.1 Å². The minimum atomic E-state index is -1.75. The molecule has 590 valence electrons. The van der Waals surface area contributed by atoms with E-state index in [9.17, 15) is 37.5 Å². The highest BCUT2D eigenvalue weighted by atomic mass is 32.6. The molecule has 15 rings (SSSR count). The van der Waals surface area contributed by atoms with Gasteiger partial charge >= 0.3 is 0 Å². The summed E-state index contributed by atoms with van der Waals surface area (Å²) in [6.07, 6.45) is 8.08. The topological polar surface area (TPSA) is 222 Å². The molecule has 2 aliphatic heterocycles. The first-order valence-electron chi connectivity index (χ1n) is 37.9. The van der Waals surface area contributed by atoms with E-state index in [4.69, 9.17) is 45.3 Å². The van der Waals surface area contributed by atoms with Crippen LogP contribution in [0.3, 0.4) is 0 Å². The fourth-order valence-electron chi connectivity index (χ4n) is 14.0. The molecule has 4 heterocycles. The summed E-state index contributed by atoms with van der Waals surface area (Å²) in [6.45, 7) is 7.84. The monoisotopic (exact) mass is 1600 g/mol. The molecule has 114 heavy (non-hydrogen) atoms. The van der Waals surface area contributed by atoms with Crippen molar-refractivity contribution in [3.8, 4) is 40.5 Å². The summed E-state index contributed by atoms with van der Waals surface area (Å²) in [5.41, 5.74) is 2.08. The lowest BCUT2D eigenvalue weighted by Gasteiger charge is -2.26. The number of aliphatic hydroxyl groups excluding tert-OH is 1. The van der Waals surface area contributed by atoms with E-state index in [0.29, 0.717) is 76.3 Å². The zero-order valence-corrected chi connectivity index (χ0v) is 66.1. The first-order chi connectivity index (χ1) is 55.4. The number of carbonyl (C=O) groups excluding carboxylic acids is 4. The molecule has 2 saturated heterocycles. The number of ether oxygens (including phenoxy) is 6. The van der Waals surface area contributed by atoms with E-state index in [1.165, 1.54) is 108 Å². The largest absolute Gasteiger partial charge is 0.504 e. The summed E-state index contributed by atoms with van der Waals surface area (Å²) in [5, 5.41) is 23.7. The molecule has 4 aliphatic rings. The summed E-state index contributed by atoms with van der Waals surface area (Å²) < 4.78 is 89.6. The standard InChI is InChI=1S/C36H37F2N3O5.C28H22F2N2O5.C18H15P2S.C7H15NO2/c1-44-32-22-30-28(21-26(32)4-2-3-13-41-14-16-45-17-15-41)35(40-23-39-30)46-31-10-7-25(18-29(31)38)20-34(43)36(11-12-36)33(42)19-24-5-8-27(37)9-6-24;1-36-24-14-21-19(13-22(24)33)27(32-15-31-21)37-23-7-4-17(10-20(23)30)12-26(35)28(8-9-28)25(34)11-16-2-5-18(29)6-3-16;21-19-20(16-10-4-1-5-11-16,17-12-6-2-7-13-17)18-14-8-3-9-15-18;9-5-1-2-8-3-6-10-7-4-8/h5-10,18,21-23H,2-4,11-17,19-20H2,1H3;2-7,10,13-15,33H,8-9,11-12H2,1H3;1-15H;9H,1-7H2/q;;+1;. The van der Waals surface area contributed by atoms with Crippen molar-refractivity contribution in [2.45, 2.75) is 77.0 Å². The van der Waals surface area contributed by atoms with E-state index in [-0.39, 0.29) is 89.4 Å². The van der Waals surface area contributed by atoms with Crippen LogP contribution in [0.25, 0.3) is 21.8 Å². The Morgan fingerprint density at radius 2 is 0.860 bits per heavy atom. The van der Waals surface area contributed by atoms with Crippen molar-refractivity contribution in [3.05, 3.63) is 264 Å². The number of methoxy groups -OCH3 is 2. The highest BCUT2D eigenvalue weighted by Crippen LogP contribution is 2.66. The number of nitrogens with zero attached hydrogens (tertiary/aromatic N) is 6. The maximum absolute atomic E-state index is 15.3. The Hall–Kier alpha value is -10.2. The average Bonchev–Trinajstić information content (AvgIpc) is 0.948. The number of hydrogen-bond donors (Lipinski definition) is 2. The number of phenolic OH excluding ortho intramolecular Hbond substituents is 1. The fraction of sp³-hybridized carbons (Fsp3) is 0.303. The van der Waals surface area contributed by atoms with Crippen LogP contribution in [0.5, 0.6) is 40.5 Å². The van der Waals surface area contributed by atoms with Gasteiger partial charge < -0.3 is 38.6 Å². The Bertz CT molecular complexity index is 5030. The summed E-state index contributed by atoms with van der Waals surface area (Å²) in [7, 11) is 4.05. The van der Waals surface area contributed by atoms with Crippen molar-refractivity contribution in [1.29, 1.82) is 0 Å². The van der Waals surface area contributed by atoms with Gasteiger partial charge in [0.25, 0.3) is 0 Å². The molecule has 4 fully saturated rings. The van der Waals surface area contributed by atoms with Gasteiger partial charge in [0.1, 0.15) is 46.0 Å². The summed E-state index contributed by atoms with van der Waals surface area (Å²) >= 11 is 5.65. The van der Waals surface area contributed by atoms with Crippen molar-refractivity contribution in [2.24, 2.45) is 10.8 Å². The molecule has 2 N–H and O–H groups in total. The van der Waals surface area contributed by atoms with E-state index in [0.717, 1.165) is 110 Å². The van der Waals surface area contributed by atoms with E-state index in [1.54, 1.807) is 31.4 Å². The van der Waals surface area contributed by atoms with Crippen LogP contribution >= 0.6 is 14.0 Å². The normalized spacial score (nSPS) is 14.9. The first-order valence-corrected chi connectivity index (χ1v) is 42.3. The highest BCUT2D eigenvalue weighted by Gasteiger charge is 2.56. The van der Waals surface area contributed by atoms with Gasteiger partial charge in [-0.3, -0.25) is 29.0 Å². The SMILES string of the molecule is COc1cc2ncnc(Oc3ccc(CC(=O)C4(C(=O)Cc5ccc(F)cc5)CC4)cc3F)c2cc1CCCCN1CCOCC1.COc1cc2ncnc(Oc3ccc(CC(=O)C4(C(=O)Cc5ccc(F)cc5)CC4)cc3F)c2cc1O.OCCCN1CCOCC1.S=P[P+](c1ccccc1)(c1ccccc1)c1ccccc1. The lowest BCUT2D eigenvalue weighted by molar-refractivity contribution is -0.135. The van der Waals surface area contributed by atoms with Crippen molar-refractivity contribution in [2.75, 3.05) is 86.5 Å². The second-order valence-corrected chi connectivity index (χ2v) is 35.0. The van der Waals surface area contributed by atoms with E-state index in [2.05, 4.69) is 121 Å². The number of carbonyl (C=O) groups is 4. The number of aliphatic hydroxyl groups is 1. The Morgan fingerprint density at radius 1 is 0.474 bits per heavy atom. The fourth-order valence-corrected chi connectivity index (χ4v) is 21.5. The molecular formula is C89H89F4N6O12P2S+. The molecular weight excluding hydrogens is 1520 g/mol. The number of aromatic nitrogens is 4. The van der Waals surface area contributed by atoms with Crippen LogP contribution in [0.2, 0.25) is 0 Å². The summed E-state index contributed by atoms with van der Waals surface area (Å²) in [6, 6.07) is 58.6. The molecule has 25 heteroatoms. The van der Waals surface area contributed by atoms with E-state index < -0.39 is 35.2 Å². The minimum Gasteiger partial charge on any atom is -0.504 e. The number of benzene rings is 9. The minimum absolute atomic E-state index is 0.0346. The second kappa shape index (κ2) is 39.7.